The number of rotatable bonds is 5. The first-order chi connectivity index (χ1) is 10.1. The van der Waals surface area contributed by atoms with Crippen molar-refractivity contribution in [2.24, 2.45) is 0 Å². The Balaban J connectivity index is 2.10. The smallest absolute Gasteiger partial charge is 0.200 e. The molecule has 0 amide bonds. The topological polar surface area (TPSA) is 59.3 Å². The normalized spacial score (nSPS) is 9.76. The zero-order valence-corrected chi connectivity index (χ0v) is 12.9. The number of nitriles is 1. The highest BCUT2D eigenvalue weighted by Gasteiger charge is 2.10. The number of methoxy groups -OCH3 is 1. The van der Waals surface area contributed by atoms with E-state index in [1.165, 1.54) is 7.11 Å². The molecule has 4 nitrogen and oxygen atoms in total. The second-order valence-electron chi connectivity index (χ2n) is 4.20. The van der Waals surface area contributed by atoms with Gasteiger partial charge in [-0.3, -0.25) is 4.79 Å². The Morgan fingerprint density at radius 1 is 1.24 bits per heavy atom. The minimum atomic E-state index is -0.136. The summed E-state index contributed by atoms with van der Waals surface area (Å²) in [4.78, 5) is 12.1. The van der Waals surface area contributed by atoms with Gasteiger partial charge in [0, 0.05) is 16.1 Å². The van der Waals surface area contributed by atoms with Crippen molar-refractivity contribution >= 4 is 21.7 Å². The number of halogens is 1. The fourth-order valence-electron chi connectivity index (χ4n) is 1.74. The van der Waals surface area contributed by atoms with Gasteiger partial charge < -0.3 is 9.47 Å². The molecule has 0 spiro atoms. The van der Waals surface area contributed by atoms with Crippen molar-refractivity contribution in [3.8, 4) is 17.6 Å². The summed E-state index contributed by atoms with van der Waals surface area (Å²) in [6, 6.07) is 13.9. The van der Waals surface area contributed by atoms with Crippen molar-refractivity contribution in [3.05, 3.63) is 58.1 Å². The molecule has 0 aliphatic carbocycles. The minimum Gasteiger partial charge on any atom is -0.493 e. The molecular formula is C16H12BrNO3. The van der Waals surface area contributed by atoms with Crippen LogP contribution in [-0.2, 0) is 0 Å². The molecule has 21 heavy (non-hydrogen) atoms. The third-order valence-corrected chi connectivity index (χ3v) is 3.29. The highest BCUT2D eigenvalue weighted by Crippen LogP contribution is 2.28. The third kappa shape index (κ3) is 3.83. The standard InChI is InChI=1S/C16H12BrNO3/c1-20-16-7-11(9-18)5-6-15(16)21-10-14(19)12-3-2-4-13(17)8-12/h2-8H,10H2,1H3. The number of ether oxygens (including phenoxy) is 2. The maximum Gasteiger partial charge on any atom is 0.200 e. The van der Waals surface area contributed by atoms with Crippen LogP contribution in [0.15, 0.2) is 46.9 Å². The lowest BCUT2D eigenvalue weighted by atomic mass is 10.1. The van der Waals surface area contributed by atoms with Gasteiger partial charge in [0.1, 0.15) is 0 Å². The molecule has 0 bridgehead atoms. The van der Waals surface area contributed by atoms with Crippen LogP contribution in [0.2, 0.25) is 0 Å². The molecule has 0 saturated carbocycles. The largest absolute Gasteiger partial charge is 0.493 e. The van der Waals surface area contributed by atoms with Crippen molar-refractivity contribution in [2.75, 3.05) is 13.7 Å². The summed E-state index contributed by atoms with van der Waals surface area (Å²) in [7, 11) is 1.49. The van der Waals surface area contributed by atoms with Crippen LogP contribution >= 0.6 is 15.9 Å². The van der Waals surface area contributed by atoms with Crippen LogP contribution in [0.5, 0.6) is 11.5 Å². The van der Waals surface area contributed by atoms with Crippen LogP contribution in [0.4, 0.5) is 0 Å². The van der Waals surface area contributed by atoms with Crippen molar-refractivity contribution in [1.82, 2.24) is 0 Å². The average Bonchev–Trinajstić information content (AvgIpc) is 2.52. The molecule has 0 aliphatic heterocycles. The molecule has 2 rings (SSSR count). The lowest BCUT2D eigenvalue weighted by Crippen LogP contribution is -2.12. The highest BCUT2D eigenvalue weighted by molar-refractivity contribution is 9.10. The van der Waals surface area contributed by atoms with Gasteiger partial charge in [-0.15, -0.1) is 0 Å². The zero-order valence-electron chi connectivity index (χ0n) is 11.3. The first-order valence-electron chi connectivity index (χ1n) is 6.13. The molecule has 0 fully saturated rings. The summed E-state index contributed by atoms with van der Waals surface area (Å²) in [5, 5.41) is 8.84. The van der Waals surface area contributed by atoms with Crippen LogP contribution in [0.25, 0.3) is 0 Å². The Kier molecular flexibility index (Phi) is 4.96. The quantitative estimate of drug-likeness (QED) is 0.777. The van der Waals surface area contributed by atoms with Crippen LogP contribution in [0.3, 0.4) is 0 Å². The lowest BCUT2D eigenvalue weighted by Gasteiger charge is -2.10. The molecule has 0 radical (unpaired) electrons. The average molecular weight is 346 g/mol. The van der Waals surface area contributed by atoms with E-state index in [1.54, 1.807) is 36.4 Å². The number of nitrogens with zero attached hydrogens (tertiary/aromatic N) is 1. The molecule has 0 aliphatic rings. The summed E-state index contributed by atoms with van der Waals surface area (Å²) in [5.74, 6) is 0.721. The van der Waals surface area contributed by atoms with Crippen LogP contribution in [-0.4, -0.2) is 19.5 Å². The van der Waals surface area contributed by atoms with Gasteiger partial charge in [-0.1, -0.05) is 28.1 Å². The molecule has 0 heterocycles. The van der Waals surface area contributed by atoms with Crippen molar-refractivity contribution in [3.63, 3.8) is 0 Å². The Labute approximate surface area is 131 Å². The Morgan fingerprint density at radius 2 is 2.05 bits per heavy atom. The first kappa shape index (κ1) is 15.1. The summed E-state index contributed by atoms with van der Waals surface area (Å²) >= 11 is 3.32. The Hall–Kier alpha value is -2.32. The Morgan fingerprint density at radius 3 is 2.71 bits per heavy atom. The van der Waals surface area contributed by atoms with E-state index in [0.29, 0.717) is 22.6 Å². The molecule has 0 saturated heterocycles. The van der Waals surface area contributed by atoms with Gasteiger partial charge in [0.15, 0.2) is 23.9 Å². The minimum absolute atomic E-state index is 0.0985. The number of Topliss-reactive ketones (excluding diaryl/α,β-unsaturated/α-hetero) is 1. The van der Waals surface area contributed by atoms with Gasteiger partial charge in [-0.2, -0.15) is 5.26 Å². The van der Waals surface area contributed by atoms with Crippen LogP contribution in [0.1, 0.15) is 15.9 Å². The predicted octanol–water partition coefficient (Wildman–Crippen LogP) is 3.59. The molecule has 0 N–H and O–H groups in total. The lowest BCUT2D eigenvalue weighted by molar-refractivity contribution is 0.0919. The van der Waals surface area contributed by atoms with Crippen molar-refractivity contribution < 1.29 is 14.3 Å². The number of benzene rings is 2. The van der Waals surface area contributed by atoms with Gasteiger partial charge in [0.25, 0.3) is 0 Å². The van der Waals surface area contributed by atoms with E-state index in [9.17, 15) is 4.79 Å². The van der Waals surface area contributed by atoms with Gasteiger partial charge in [0.2, 0.25) is 0 Å². The summed E-state index contributed by atoms with van der Waals surface area (Å²) in [6.45, 7) is -0.0985. The van der Waals surface area contributed by atoms with E-state index in [4.69, 9.17) is 14.7 Å². The fraction of sp³-hybridized carbons (Fsp3) is 0.125. The van der Waals surface area contributed by atoms with E-state index in [0.717, 1.165) is 4.47 Å². The van der Waals surface area contributed by atoms with E-state index >= 15 is 0 Å². The van der Waals surface area contributed by atoms with E-state index in [1.807, 2.05) is 12.1 Å². The number of carbonyl (C=O) groups is 1. The third-order valence-electron chi connectivity index (χ3n) is 2.80. The zero-order chi connectivity index (χ0) is 15.2. The summed E-state index contributed by atoms with van der Waals surface area (Å²) in [6.07, 6.45) is 0. The van der Waals surface area contributed by atoms with Crippen LogP contribution in [0, 0.1) is 11.3 Å². The maximum absolute atomic E-state index is 12.1. The summed E-state index contributed by atoms with van der Waals surface area (Å²) in [5.41, 5.74) is 1.04. The molecule has 0 unspecified atom stereocenters. The first-order valence-corrected chi connectivity index (χ1v) is 6.93. The molecular weight excluding hydrogens is 334 g/mol. The van der Waals surface area contributed by atoms with Crippen molar-refractivity contribution in [2.45, 2.75) is 0 Å². The van der Waals surface area contributed by atoms with Crippen molar-refractivity contribution in [1.29, 1.82) is 5.26 Å². The second-order valence-corrected chi connectivity index (χ2v) is 5.12. The molecule has 106 valence electrons. The number of hydrogen-bond donors (Lipinski definition) is 0. The highest BCUT2D eigenvalue weighted by atomic mass is 79.9. The molecule has 0 atom stereocenters. The molecule has 5 heteroatoms. The summed E-state index contributed by atoms with van der Waals surface area (Å²) < 4.78 is 11.5. The SMILES string of the molecule is COc1cc(C#N)ccc1OCC(=O)c1cccc(Br)c1. The van der Waals surface area contributed by atoms with Gasteiger partial charge in [0.05, 0.1) is 18.7 Å². The van der Waals surface area contributed by atoms with Crippen LogP contribution < -0.4 is 9.47 Å². The fourth-order valence-corrected chi connectivity index (χ4v) is 2.14. The molecule has 0 aromatic heterocycles. The Bertz CT molecular complexity index is 707. The predicted molar refractivity (Wildman–Crippen MR) is 81.7 cm³/mol. The van der Waals surface area contributed by atoms with Gasteiger partial charge in [-0.25, -0.2) is 0 Å². The van der Waals surface area contributed by atoms with Gasteiger partial charge >= 0.3 is 0 Å². The molecule has 2 aromatic rings. The number of hydrogen-bond acceptors (Lipinski definition) is 4. The van der Waals surface area contributed by atoms with E-state index in [2.05, 4.69) is 15.9 Å². The van der Waals surface area contributed by atoms with E-state index in [-0.39, 0.29) is 12.4 Å². The maximum atomic E-state index is 12.1. The second kappa shape index (κ2) is 6.91. The molecule has 2 aromatic carbocycles. The number of ketones is 1. The van der Waals surface area contributed by atoms with Gasteiger partial charge in [-0.05, 0) is 24.3 Å². The number of carbonyl (C=O) groups excluding carboxylic acids is 1. The monoisotopic (exact) mass is 345 g/mol. The van der Waals surface area contributed by atoms with E-state index < -0.39 is 0 Å².